The van der Waals surface area contributed by atoms with Gasteiger partial charge in [-0.25, -0.2) is 4.98 Å². The predicted octanol–water partition coefficient (Wildman–Crippen LogP) is 4.52. The van der Waals surface area contributed by atoms with E-state index in [9.17, 15) is 4.79 Å². The molecule has 0 aliphatic carbocycles. The molecule has 0 saturated carbocycles. The molecule has 0 aliphatic heterocycles. The lowest BCUT2D eigenvalue weighted by Gasteiger charge is -2.00. The van der Waals surface area contributed by atoms with Gasteiger partial charge in [-0.2, -0.15) is 0 Å². The molecule has 0 aliphatic rings. The van der Waals surface area contributed by atoms with E-state index >= 15 is 0 Å². The van der Waals surface area contributed by atoms with Crippen LogP contribution in [0.4, 0.5) is 0 Å². The van der Waals surface area contributed by atoms with Gasteiger partial charge in [-0.1, -0.05) is 46.2 Å². The fourth-order valence-corrected chi connectivity index (χ4v) is 1.75. The molecule has 0 unspecified atom stereocenters. The van der Waals surface area contributed by atoms with Crippen LogP contribution in [0.15, 0.2) is 47.4 Å². The highest BCUT2D eigenvalue weighted by atomic mass is 16.1. The summed E-state index contributed by atoms with van der Waals surface area (Å²) in [5.41, 5.74) is 1.50. The molecule has 2 heterocycles. The molecule has 3 aromatic rings. The van der Waals surface area contributed by atoms with Gasteiger partial charge in [-0.15, -0.1) is 0 Å². The molecule has 1 N–H and O–H groups in total. The molecule has 0 atom stereocenters. The Morgan fingerprint density at radius 3 is 2.30 bits per heavy atom. The highest BCUT2D eigenvalue weighted by Crippen LogP contribution is 2.11. The number of para-hydroxylation sites is 1. The van der Waals surface area contributed by atoms with E-state index in [0.29, 0.717) is 16.4 Å². The van der Waals surface area contributed by atoms with Gasteiger partial charge >= 0.3 is 0 Å². The van der Waals surface area contributed by atoms with Crippen molar-refractivity contribution in [3.8, 4) is 0 Å². The van der Waals surface area contributed by atoms with Crippen molar-refractivity contribution in [1.29, 1.82) is 0 Å². The number of H-pyrrole nitrogens is 1. The summed E-state index contributed by atoms with van der Waals surface area (Å²) in [5.74, 6) is 0. The standard InChI is InChI=1S/C12H8N2O.C3H8.C2H6/c15-11-8-4-1-2-6-10(8)14-12-9(11)5-3-7-13-12;1-3-2;1-2/h1-7H,(H,13,14,15);3H2,1-2H3;1-2H3. The molecule has 0 radical (unpaired) electrons. The first-order valence-electron chi connectivity index (χ1n) is 7.13. The lowest BCUT2D eigenvalue weighted by Crippen LogP contribution is -2.04. The van der Waals surface area contributed by atoms with Crippen LogP contribution in [0.1, 0.15) is 34.1 Å². The number of pyridine rings is 2. The zero-order valence-corrected chi connectivity index (χ0v) is 12.6. The Morgan fingerprint density at radius 1 is 1.00 bits per heavy atom. The summed E-state index contributed by atoms with van der Waals surface area (Å²) in [6.45, 7) is 8.25. The minimum atomic E-state index is 0.0347. The van der Waals surface area contributed by atoms with Gasteiger partial charge in [0.15, 0.2) is 5.43 Å². The smallest absolute Gasteiger partial charge is 0.198 e. The van der Waals surface area contributed by atoms with Crippen LogP contribution in [0, 0.1) is 0 Å². The third-order valence-electron chi connectivity index (χ3n) is 2.48. The molecule has 3 heteroatoms. The summed E-state index contributed by atoms with van der Waals surface area (Å²) >= 11 is 0. The van der Waals surface area contributed by atoms with Crippen molar-refractivity contribution in [2.45, 2.75) is 34.1 Å². The molecule has 0 saturated heterocycles. The van der Waals surface area contributed by atoms with Crippen molar-refractivity contribution in [1.82, 2.24) is 9.97 Å². The molecule has 106 valence electrons. The fraction of sp³-hybridized carbons (Fsp3) is 0.294. The molecule has 0 bridgehead atoms. The van der Waals surface area contributed by atoms with Crippen molar-refractivity contribution in [3.05, 3.63) is 52.8 Å². The van der Waals surface area contributed by atoms with E-state index in [2.05, 4.69) is 23.8 Å². The van der Waals surface area contributed by atoms with Gasteiger partial charge in [0.2, 0.25) is 0 Å². The average molecular weight is 270 g/mol. The van der Waals surface area contributed by atoms with Crippen LogP contribution >= 0.6 is 0 Å². The van der Waals surface area contributed by atoms with Gasteiger partial charge < -0.3 is 4.98 Å². The number of benzene rings is 1. The molecule has 1 aromatic carbocycles. The maximum Gasteiger partial charge on any atom is 0.198 e. The van der Waals surface area contributed by atoms with Crippen LogP contribution in [0.2, 0.25) is 0 Å². The number of rotatable bonds is 0. The lowest BCUT2D eigenvalue weighted by molar-refractivity contribution is 1.09. The quantitative estimate of drug-likeness (QED) is 0.610. The predicted molar refractivity (Wildman–Crippen MR) is 87.2 cm³/mol. The molecule has 20 heavy (non-hydrogen) atoms. The number of nitrogens with one attached hydrogen (secondary N) is 1. The van der Waals surface area contributed by atoms with Crippen LogP contribution in [0.3, 0.4) is 0 Å². The Balaban J connectivity index is 0.000000357. The molecule has 0 fully saturated rings. The largest absolute Gasteiger partial charge is 0.339 e. The topological polar surface area (TPSA) is 45.8 Å². The highest BCUT2D eigenvalue weighted by molar-refractivity contribution is 5.90. The van der Waals surface area contributed by atoms with E-state index < -0.39 is 0 Å². The van der Waals surface area contributed by atoms with Gasteiger partial charge in [0, 0.05) is 11.6 Å². The van der Waals surface area contributed by atoms with E-state index in [1.165, 1.54) is 6.42 Å². The van der Waals surface area contributed by atoms with E-state index in [4.69, 9.17) is 0 Å². The van der Waals surface area contributed by atoms with E-state index in [-0.39, 0.29) is 5.43 Å². The summed E-state index contributed by atoms with van der Waals surface area (Å²) in [4.78, 5) is 19.3. The normalized spacial score (nSPS) is 9.40. The first-order chi connectivity index (χ1) is 9.77. The average Bonchev–Trinajstić information content (AvgIpc) is 2.50. The summed E-state index contributed by atoms with van der Waals surface area (Å²) in [5, 5.41) is 1.34. The van der Waals surface area contributed by atoms with Crippen molar-refractivity contribution in [2.75, 3.05) is 0 Å². The molecule has 0 amide bonds. The van der Waals surface area contributed by atoms with Gasteiger partial charge in [-0.3, -0.25) is 4.79 Å². The second kappa shape index (κ2) is 8.10. The van der Waals surface area contributed by atoms with Crippen LogP contribution in [-0.4, -0.2) is 9.97 Å². The van der Waals surface area contributed by atoms with Crippen molar-refractivity contribution in [2.24, 2.45) is 0 Å². The monoisotopic (exact) mass is 270 g/mol. The first kappa shape index (κ1) is 15.9. The summed E-state index contributed by atoms with van der Waals surface area (Å²) < 4.78 is 0. The van der Waals surface area contributed by atoms with E-state index in [1.807, 2.05) is 38.1 Å². The van der Waals surface area contributed by atoms with Gasteiger partial charge in [0.1, 0.15) is 5.65 Å². The third-order valence-corrected chi connectivity index (χ3v) is 2.48. The maximum absolute atomic E-state index is 12.0. The number of fused-ring (bicyclic) bond motifs is 2. The van der Waals surface area contributed by atoms with Gasteiger partial charge in [-0.05, 0) is 24.3 Å². The number of nitrogens with zero attached hydrogens (tertiary/aromatic N) is 1. The van der Waals surface area contributed by atoms with E-state index in [0.717, 1.165) is 5.52 Å². The SMILES string of the molecule is CC.CCC.O=c1c2ccccc2[nH]c2ncccc12. The number of aromatic amines is 1. The Labute approximate surface area is 119 Å². The number of hydrogen-bond acceptors (Lipinski definition) is 2. The Hall–Kier alpha value is -2.16. The van der Waals surface area contributed by atoms with Crippen molar-refractivity contribution in [3.63, 3.8) is 0 Å². The first-order valence-corrected chi connectivity index (χ1v) is 7.13. The minimum absolute atomic E-state index is 0.0347. The molecule has 3 rings (SSSR count). The summed E-state index contributed by atoms with van der Waals surface area (Å²) in [7, 11) is 0. The van der Waals surface area contributed by atoms with Crippen molar-refractivity contribution < 1.29 is 0 Å². The Morgan fingerprint density at radius 2 is 1.60 bits per heavy atom. The zero-order chi connectivity index (χ0) is 15.0. The Kier molecular flexibility index (Phi) is 6.44. The molecular weight excluding hydrogens is 248 g/mol. The minimum Gasteiger partial charge on any atom is -0.339 e. The molecular formula is C17H22N2O. The number of aromatic nitrogens is 2. The second-order valence-corrected chi connectivity index (χ2v) is 4.11. The number of hydrogen-bond donors (Lipinski definition) is 1. The van der Waals surface area contributed by atoms with Crippen LogP contribution < -0.4 is 5.43 Å². The molecule has 3 nitrogen and oxygen atoms in total. The van der Waals surface area contributed by atoms with E-state index in [1.54, 1.807) is 18.3 Å². The Bertz CT molecular complexity index is 660. The molecule has 0 spiro atoms. The fourth-order valence-electron chi connectivity index (χ4n) is 1.75. The van der Waals surface area contributed by atoms with Crippen LogP contribution in [0.25, 0.3) is 21.9 Å². The van der Waals surface area contributed by atoms with Crippen molar-refractivity contribution >= 4 is 21.9 Å². The van der Waals surface area contributed by atoms with Crippen LogP contribution in [-0.2, 0) is 0 Å². The summed E-state index contributed by atoms with van der Waals surface area (Å²) in [6, 6.07) is 11.0. The van der Waals surface area contributed by atoms with Gasteiger partial charge in [0.25, 0.3) is 0 Å². The lowest BCUT2D eigenvalue weighted by atomic mass is 10.1. The summed E-state index contributed by atoms with van der Waals surface area (Å²) in [6.07, 6.45) is 2.92. The maximum atomic E-state index is 12.0. The molecule has 2 aromatic heterocycles. The van der Waals surface area contributed by atoms with Gasteiger partial charge in [0.05, 0.1) is 10.9 Å². The third kappa shape index (κ3) is 3.44. The highest BCUT2D eigenvalue weighted by Gasteiger charge is 2.03. The zero-order valence-electron chi connectivity index (χ0n) is 12.6. The van der Waals surface area contributed by atoms with Crippen LogP contribution in [0.5, 0.6) is 0 Å². The second-order valence-electron chi connectivity index (χ2n) is 4.11.